The van der Waals surface area contributed by atoms with Crippen LogP contribution < -0.4 is 10.5 Å². The van der Waals surface area contributed by atoms with Crippen molar-refractivity contribution in [2.45, 2.75) is 77.7 Å². The summed E-state index contributed by atoms with van der Waals surface area (Å²) in [6, 6.07) is 29.6. The minimum atomic E-state index is -1.02. The number of aromatic nitrogens is 2. The van der Waals surface area contributed by atoms with Gasteiger partial charge in [-0.25, -0.2) is 9.78 Å². The first-order valence-corrected chi connectivity index (χ1v) is 17.0. The number of imidazole rings is 1. The summed E-state index contributed by atoms with van der Waals surface area (Å²) in [6.07, 6.45) is 5.80. The normalized spacial score (nSPS) is 22.2. The van der Waals surface area contributed by atoms with Crippen LogP contribution in [0, 0.1) is 11.3 Å². The van der Waals surface area contributed by atoms with Crippen LogP contribution in [-0.4, -0.2) is 27.2 Å². The molecule has 5 aromatic rings. The summed E-state index contributed by atoms with van der Waals surface area (Å²) in [5.74, 6) is 1.26. The van der Waals surface area contributed by atoms with Crippen LogP contribution in [-0.2, 0) is 23.2 Å². The fraction of sp³-hybridized carbons (Fsp3) is 0.366. The van der Waals surface area contributed by atoms with E-state index in [-0.39, 0.29) is 10.8 Å². The number of carboxylic acid groups (broad SMARTS) is 1. The monoisotopic (exact) mass is 627 g/mol. The molecule has 0 spiro atoms. The molecule has 2 aliphatic rings. The first kappa shape index (κ1) is 31.0. The average Bonchev–Trinajstić information content (AvgIpc) is 3.41. The minimum absolute atomic E-state index is 0.0219. The quantitative estimate of drug-likeness (QED) is 0.167. The highest BCUT2D eigenvalue weighted by atomic mass is 16.5. The maximum absolute atomic E-state index is 11.3. The molecule has 1 heterocycles. The van der Waals surface area contributed by atoms with Gasteiger partial charge in [-0.05, 0) is 106 Å². The van der Waals surface area contributed by atoms with Crippen LogP contribution in [0.15, 0.2) is 84.9 Å². The van der Waals surface area contributed by atoms with E-state index < -0.39 is 12.6 Å². The Balaban J connectivity index is 1.34. The van der Waals surface area contributed by atoms with Crippen molar-refractivity contribution in [2.24, 2.45) is 11.3 Å². The second-order valence-corrected chi connectivity index (χ2v) is 14.6. The van der Waals surface area contributed by atoms with Crippen molar-refractivity contribution in [3.8, 4) is 28.3 Å². The summed E-state index contributed by atoms with van der Waals surface area (Å²) >= 11 is 0. The van der Waals surface area contributed by atoms with Gasteiger partial charge < -0.3 is 20.1 Å². The molecular weight excluding hydrogens is 582 g/mol. The molecule has 3 atom stereocenters. The van der Waals surface area contributed by atoms with E-state index in [0.29, 0.717) is 23.3 Å². The summed E-state index contributed by atoms with van der Waals surface area (Å²) in [5.41, 5.74) is 16.9. The number of benzene rings is 4. The van der Waals surface area contributed by atoms with Gasteiger partial charge in [0.1, 0.15) is 11.6 Å². The lowest BCUT2D eigenvalue weighted by molar-refractivity contribution is -0.139. The van der Waals surface area contributed by atoms with Gasteiger partial charge in [-0.2, -0.15) is 0 Å². The standard InChI is InChI=1S/C41H45N3O3/c1-26(2)28-11-15-33-30(21-28)13-18-37-40(3,19-8-20-41(33,37)4)25-44-36-17-12-29(27-9-6-5-7-10-27)22-35(36)43-39(44)32-23-31(14-16-34(32)42)47-24-38(45)46/h5-7,9-12,14-17,21-23,26,37H,8,13,18-20,24-25,42H2,1-4H3,(H,45,46)/t37-,40-,41+/m0/s1. The number of ether oxygens (including phenoxy) is 1. The van der Waals surface area contributed by atoms with E-state index in [1.807, 2.05) is 12.1 Å². The predicted molar refractivity (Wildman–Crippen MR) is 190 cm³/mol. The molecule has 0 radical (unpaired) electrons. The van der Waals surface area contributed by atoms with E-state index in [2.05, 4.69) is 92.9 Å². The Labute approximate surface area is 277 Å². The number of nitrogens with zero attached hydrogens (tertiary/aromatic N) is 2. The number of hydrogen-bond donors (Lipinski definition) is 2. The van der Waals surface area contributed by atoms with E-state index in [9.17, 15) is 9.90 Å². The maximum atomic E-state index is 11.3. The summed E-state index contributed by atoms with van der Waals surface area (Å²) < 4.78 is 7.97. The number of carboxylic acids is 1. The number of carbonyl (C=O) groups is 1. The maximum Gasteiger partial charge on any atom is 0.341 e. The van der Waals surface area contributed by atoms with Crippen LogP contribution in [0.5, 0.6) is 5.75 Å². The van der Waals surface area contributed by atoms with Gasteiger partial charge in [0, 0.05) is 17.8 Å². The average molecular weight is 628 g/mol. The Morgan fingerprint density at radius 1 is 1.00 bits per heavy atom. The van der Waals surface area contributed by atoms with E-state index in [1.54, 1.807) is 17.7 Å². The minimum Gasteiger partial charge on any atom is -0.482 e. The number of nitrogen functional groups attached to an aromatic ring is 1. The first-order chi connectivity index (χ1) is 22.6. The molecule has 4 aromatic carbocycles. The zero-order chi connectivity index (χ0) is 32.9. The lowest BCUT2D eigenvalue weighted by Crippen LogP contribution is -2.50. The molecule has 7 rings (SSSR count). The van der Waals surface area contributed by atoms with Crippen LogP contribution in [0.1, 0.15) is 76.0 Å². The number of rotatable bonds is 8. The molecule has 0 unspecified atom stereocenters. The molecule has 1 saturated carbocycles. The molecule has 0 bridgehead atoms. The fourth-order valence-corrected chi connectivity index (χ4v) is 8.82. The molecule has 6 heteroatoms. The van der Waals surface area contributed by atoms with Crippen molar-refractivity contribution in [1.82, 2.24) is 9.55 Å². The van der Waals surface area contributed by atoms with Crippen LogP contribution >= 0.6 is 0 Å². The Kier molecular flexibility index (Phi) is 7.86. The van der Waals surface area contributed by atoms with Crippen molar-refractivity contribution < 1.29 is 14.6 Å². The Bertz CT molecular complexity index is 1960. The lowest BCUT2D eigenvalue weighted by atomic mass is 9.49. The van der Waals surface area contributed by atoms with E-state index in [1.165, 1.54) is 30.4 Å². The van der Waals surface area contributed by atoms with Crippen molar-refractivity contribution in [2.75, 3.05) is 12.3 Å². The van der Waals surface area contributed by atoms with Crippen molar-refractivity contribution in [3.05, 3.63) is 102 Å². The molecule has 1 aromatic heterocycles. The van der Waals surface area contributed by atoms with E-state index in [4.69, 9.17) is 15.5 Å². The fourth-order valence-electron chi connectivity index (χ4n) is 8.82. The summed E-state index contributed by atoms with van der Waals surface area (Å²) in [6.45, 7) is 9.96. The highest BCUT2D eigenvalue weighted by Crippen LogP contribution is 2.58. The lowest BCUT2D eigenvalue weighted by Gasteiger charge is -2.56. The van der Waals surface area contributed by atoms with Crippen molar-refractivity contribution in [1.29, 1.82) is 0 Å². The summed E-state index contributed by atoms with van der Waals surface area (Å²) in [5, 5.41) is 9.23. The van der Waals surface area contributed by atoms with Crippen molar-refractivity contribution in [3.63, 3.8) is 0 Å². The molecule has 2 aliphatic carbocycles. The number of anilines is 1. The largest absolute Gasteiger partial charge is 0.482 e. The van der Waals surface area contributed by atoms with Gasteiger partial charge in [0.15, 0.2) is 6.61 Å². The molecule has 3 N–H and O–H groups in total. The Morgan fingerprint density at radius 2 is 1.81 bits per heavy atom. The Hall–Kier alpha value is -4.58. The van der Waals surface area contributed by atoms with Crippen LogP contribution in [0.4, 0.5) is 5.69 Å². The number of fused-ring (bicyclic) bond motifs is 4. The summed E-state index contributed by atoms with van der Waals surface area (Å²) in [4.78, 5) is 16.5. The molecule has 0 amide bonds. The second-order valence-electron chi connectivity index (χ2n) is 14.6. The van der Waals surface area contributed by atoms with Gasteiger partial charge in [-0.15, -0.1) is 0 Å². The third kappa shape index (κ3) is 5.58. The Morgan fingerprint density at radius 3 is 2.57 bits per heavy atom. The molecule has 1 fully saturated rings. The van der Waals surface area contributed by atoms with E-state index in [0.717, 1.165) is 52.9 Å². The smallest absolute Gasteiger partial charge is 0.341 e. The zero-order valence-corrected chi connectivity index (χ0v) is 27.9. The molecule has 6 nitrogen and oxygen atoms in total. The van der Waals surface area contributed by atoms with Crippen LogP contribution in [0.2, 0.25) is 0 Å². The van der Waals surface area contributed by atoms with Gasteiger partial charge in [-0.1, -0.05) is 88.7 Å². The third-order valence-corrected chi connectivity index (χ3v) is 11.2. The highest BCUT2D eigenvalue weighted by Gasteiger charge is 2.52. The van der Waals surface area contributed by atoms with E-state index >= 15 is 0 Å². The van der Waals surface area contributed by atoms with Gasteiger partial charge in [0.25, 0.3) is 0 Å². The molecule has 0 saturated heterocycles. The van der Waals surface area contributed by atoms with Crippen LogP contribution in [0.3, 0.4) is 0 Å². The van der Waals surface area contributed by atoms with Gasteiger partial charge in [0.05, 0.1) is 11.0 Å². The summed E-state index contributed by atoms with van der Waals surface area (Å²) in [7, 11) is 0. The van der Waals surface area contributed by atoms with Crippen LogP contribution in [0.25, 0.3) is 33.5 Å². The zero-order valence-electron chi connectivity index (χ0n) is 27.9. The number of aliphatic carboxylic acids is 1. The number of nitrogens with two attached hydrogens (primary N) is 1. The van der Waals surface area contributed by atoms with Gasteiger partial charge >= 0.3 is 5.97 Å². The van der Waals surface area contributed by atoms with Gasteiger partial charge in [0.2, 0.25) is 0 Å². The molecular formula is C41H45N3O3. The molecule has 0 aliphatic heterocycles. The SMILES string of the molecule is CC(C)c1ccc2c(c1)CC[C@H]1[C@](C)(Cn3c(-c4cc(OCC(=O)O)ccc4N)nc4cc(-c5ccccc5)ccc43)CCC[C@]21C. The van der Waals surface area contributed by atoms with Crippen molar-refractivity contribution >= 4 is 22.7 Å². The third-order valence-electron chi connectivity index (χ3n) is 11.2. The topological polar surface area (TPSA) is 90.4 Å². The number of hydrogen-bond acceptors (Lipinski definition) is 4. The number of aryl methyl sites for hydroxylation is 1. The van der Waals surface area contributed by atoms with Gasteiger partial charge in [-0.3, -0.25) is 0 Å². The highest BCUT2D eigenvalue weighted by molar-refractivity contribution is 5.87. The predicted octanol–water partition coefficient (Wildman–Crippen LogP) is 9.25. The molecule has 242 valence electrons. The first-order valence-electron chi connectivity index (χ1n) is 17.0. The second kappa shape index (κ2) is 11.9. The molecule has 47 heavy (non-hydrogen) atoms.